The zero-order valence-electron chi connectivity index (χ0n) is 13.7. The highest BCUT2D eigenvalue weighted by molar-refractivity contribution is 8.00. The molecule has 118 valence electrons. The van der Waals surface area contributed by atoms with Gasteiger partial charge in [0.25, 0.3) is 0 Å². The number of phenols is 1. The lowest BCUT2D eigenvalue weighted by Crippen LogP contribution is -2.56. The molecule has 0 aliphatic rings. The van der Waals surface area contributed by atoms with Crippen molar-refractivity contribution in [3.05, 3.63) is 29.8 Å². The molecular formula is C17H26O3S. The van der Waals surface area contributed by atoms with E-state index in [1.807, 2.05) is 53.7 Å². The van der Waals surface area contributed by atoms with Crippen molar-refractivity contribution in [1.29, 1.82) is 0 Å². The smallest absolute Gasteiger partial charge is 0.320 e. The van der Waals surface area contributed by atoms with E-state index in [4.69, 9.17) is 0 Å². The summed E-state index contributed by atoms with van der Waals surface area (Å²) in [6.07, 6.45) is 0. The average Bonchev–Trinajstić information content (AvgIpc) is 2.28. The summed E-state index contributed by atoms with van der Waals surface area (Å²) < 4.78 is -0.905. The molecule has 0 radical (unpaired) electrons. The molecular weight excluding hydrogens is 284 g/mol. The largest absolute Gasteiger partial charge is 0.508 e. The van der Waals surface area contributed by atoms with Crippen LogP contribution in [0.5, 0.6) is 5.75 Å². The molecule has 0 fully saturated rings. The normalized spacial score (nSPS) is 13.2. The summed E-state index contributed by atoms with van der Waals surface area (Å²) in [5.41, 5.74) is 0.231. The summed E-state index contributed by atoms with van der Waals surface area (Å²) in [4.78, 5) is 12.1. The van der Waals surface area contributed by atoms with Crippen LogP contribution in [0.4, 0.5) is 0 Å². The summed E-state index contributed by atoms with van der Waals surface area (Å²) in [7, 11) is 0. The molecule has 1 aromatic carbocycles. The molecule has 2 N–H and O–H groups in total. The molecule has 0 saturated carbocycles. The quantitative estimate of drug-likeness (QED) is 0.857. The Morgan fingerprint density at radius 2 is 1.43 bits per heavy atom. The first-order valence-corrected chi connectivity index (χ1v) is 8.05. The van der Waals surface area contributed by atoms with Gasteiger partial charge in [0.2, 0.25) is 0 Å². The molecule has 0 atom stereocenters. The van der Waals surface area contributed by atoms with Gasteiger partial charge in [-0.15, -0.1) is 11.8 Å². The van der Waals surface area contributed by atoms with Gasteiger partial charge >= 0.3 is 5.97 Å². The highest BCUT2D eigenvalue weighted by Gasteiger charge is 2.57. The Kier molecular flexibility index (Phi) is 5.04. The van der Waals surface area contributed by atoms with Gasteiger partial charge in [0.1, 0.15) is 10.5 Å². The summed E-state index contributed by atoms with van der Waals surface area (Å²) in [6.45, 7) is 11.9. The maximum atomic E-state index is 12.1. The van der Waals surface area contributed by atoms with Gasteiger partial charge in [-0.2, -0.15) is 0 Å². The minimum atomic E-state index is -0.905. The van der Waals surface area contributed by atoms with Crippen LogP contribution in [-0.2, 0) is 10.5 Å². The number of carboxylic acids is 1. The van der Waals surface area contributed by atoms with Gasteiger partial charge in [-0.05, 0) is 28.5 Å². The van der Waals surface area contributed by atoms with E-state index in [0.29, 0.717) is 5.75 Å². The second kappa shape index (κ2) is 5.91. The molecule has 0 aliphatic carbocycles. The minimum Gasteiger partial charge on any atom is -0.508 e. The van der Waals surface area contributed by atoms with Crippen molar-refractivity contribution in [2.75, 3.05) is 0 Å². The van der Waals surface area contributed by atoms with Gasteiger partial charge in [-0.25, -0.2) is 0 Å². The van der Waals surface area contributed by atoms with Crippen LogP contribution in [0.3, 0.4) is 0 Å². The van der Waals surface area contributed by atoms with Crippen molar-refractivity contribution in [3.8, 4) is 5.75 Å². The lowest BCUT2D eigenvalue weighted by Gasteiger charge is -2.49. The molecule has 0 amide bonds. The zero-order chi connectivity index (χ0) is 16.5. The average molecular weight is 310 g/mol. The Hall–Kier alpha value is -1.16. The first-order valence-electron chi connectivity index (χ1n) is 7.07. The predicted molar refractivity (Wildman–Crippen MR) is 88.7 cm³/mol. The van der Waals surface area contributed by atoms with E-state index in [2.05, 4.69) is 0 Å². The van der Waals surface area contributed by atoms with Crippen molar-refractivity contribution in [3.63, 3.8) is 0 Å². The molecule has 0 aliphatic heterocycles. The van der Waals surface area contributed by atoms with E-state index in [9.17, 15) is 15.0 Å². The Balaban J connectivity index is 3.14. The Labute approximate surface area is 131 Å². The fourth-order valence-corrected chi connectivity index (χ4v) is 4.61. The minimum absolute atomic E-state index is 0.222. The maximum Gasteiger partial charge on any atom is 0.320 e. The highest BCUT2D eigenvalue weighted by atomic mass is 32.2. The second-order valence-corrected chi connectivity index (χ2v) is 8.63. The number of hydrogen-bond acceptors (Lipinski definition) is 3. The van der Waals surface area contributed by atoms with E-state index < -0.39 is 21.5 Å². The van der Waals surface area contributed by atoms with Crippen LogP contribution in [0.1, 0.15) is 47.1 Å². The van der Waals surface area contributed by atoms with Crippen LogP contribution >= 0.6 is 11.8 Å². The molecule has 3 nitrogen and oxygen atoms in total. The first kappa shape index (κ1) is 17.9. The van der Waals surface area contributed by atoms with Crippen LogP contribution in [0, 0.1) is 10.8 Å². The van der Waals surface area contributed by atoms with Crippen molar-refractivity contribution >= 4 is 17.7 Å². The van der Waals surface area contributed by atoms with Gasteiger partial charge in [-0.3, -0.25) is 4.79 Å². The number of carboxylic acid groups (broad SMARTS) is 1. The van der Waals surface area contributed by atoms with Gasteiger partial charge < -0.3 is 10.2 Å². The molecule has 0 bridgehead atoms. The third-order valence-corrected chi connectivity index (χ3v) is 6.12. The van der Waals surface area contributed by atoms with Crippen molar-refractivity contribution < 1.29 is 15.0 Å². The van der Waals surface area contributed by atoms with Gasteiger partial charge in [0, 0.05) is 5.75 Å². The number of benzene rings is 1. The van der Waals surface area contributed by atoms with Crippen LogP contribution in [-0.4, -0.2) is 20.9 Å². The molecule has 0 saturated heterocycles. The maximum absolute atomic E-state index is 12.1. The molecule has 1 rings (SSSR count). The van der Waals surface area contributed by atoms with Crippen LogP contribution in [0.15, 0.2) is 24.3 Å². The van der Waals surface area contributed by atoms with Gasteiger partial charge in [0.05, 0.1) is 0 Å². The molecule has 0 spiro atoms. The van der Waals surface area contributed by atoms with E-state index >= 15 is 0 Å². The number of aromatic hydroxyl groups is 1. The topological polar surface area (TPSA) is 57.5 Å². The lowest BCUT2D eigenvalue weighted by molar-refractivity contribution is -0.147. The molecule has 0 aromatic heterocycles. The Morgan fingerprint density at radius 1 is 1.00 bits per heavy atom. The summed E-state index contributed by atoms with van der Waals surface area (Å²) >= 11 is 1.47. The SMILES string of the molecule is CC(C)(C)C(SCc1ccc(O)cc1)(C(=O)O)C(C)(C)C. The first-order chi connectivity index (χ1) is 9.42. The van der Waals surface area contributed by atoms with Crippen molar-refractivity contribution in [2.45, 2.75) is 52.0 Å². The molecule has 1 aromatic rings. The van der Waals surface area contributed by atoms with Gasteiger partial charge in [0.15, 0.2) is 0 Å². The van der Waals surface area contributed by atoms with E-state index in [-0.39, 0.29) is 5.75 Å². The standard InChI is InChI=1S/C17H26O3S/c1-15(2,3)17(14(19)20,16(4,5)6)21-11-12-7-9-13(18)10-8-12/h7-10,18H,11H2,1-6H3,(H,19,20). The fraction of sp³-hybridized carbons (Fsp3) is 0.588. The number of carbonyl (C=O) groups is 1. The van der Waals surface area contributed by atoms with Crippen LogP contribution < -0.4 is 0 Å². The lowest BCUT2D eigenvalue weighted by atomic mass is 9.65. The number of rotatable bonds is 4. The fourth-order valence-electron chi connectivity index (χ4n) is 3.05. The highest BCUT2D eigenvalue weighted by Crippen LogP contribution is 2.54. The summed E-state index contributed by atoms with van der Waals surface area (Å²) in [5.74, 6) is 0.0485. The third kappa shape index (κ3) is 3.54. The Morgan fingerprint density at radius 3 is 1.76 bits per heavy atom. The molecule has 0 heterocycles. The monoisotopic (exact) mass is 310 g/mol. The molecule has 4 heteroatoms. The predicted octanol–water partition coefficient (Wildman–Crippen LogP) is 4.54. The Bertz CT molecular complexity index is 478. The van der Waals surface area contributed by atoms with Gasteiger partial charge in [-0.1, -0.05) is 53.7 Å². The van der Waals surface area contributed by atoms with Crippen molar-refractivity contribution in [2.24, 2.45) is 10.8 Å². The zero-order valence-corrected chi connectivity index (χ0v) is 14.5. The summed E-state index contributed by atoms with van der Waals surface area (Å²) in [5, 5.41) is 19.3. The number of aliphatic carboxylic acids is 1. The van der Waals surface area contributed by atoms with E-state index in [1.54, 1.807) is 12.1 Å². The number of thioether (sulfide) groups is 1. The number of hydrogen-bond donors (Lipinski definition) is 2. The van der Waals surface area contributed by atoms with Crippen LogP contribution in [0.2, 0.25) is 0 Å². The third-order valence-electron chi connectivity index (χ3n) is 3.81. The van der Waals surface area contributed by atoms with E-state index in [0.717, 1.165) is 5.56 Å². The van der Waals surface area contributed by atoms with Crippen LogP contribution in [0.25, 0.3) is 0 Å². The number of phenolic OH excluding ortho intramolecular Hbond substituents is 1. The molecule has 21 heavy (non-hydrogen) atoms. The molecule has 0 unspecified atom stereocenters. The summed E-state index contributed by atoms with van der Waals surface area (Å²) in [6, 6.07) is 6.93. The second-order valence-electron chi connectivity index (χ2n) is 7.44. The van der Waals surface area contributed by atoms with E-state index in [1.165, 1.54) is 11.8 Å². The van der Waals surface area contributed by atoms with Crippen molar-refractivity contribution in [1.82, 2.24) is 0 Å².